The Hall–Kier alpha value is -1.03. The van der Waals surface area contributed by atoms with Crippen molar-refractivity contribution in [2.45, 2.75) is 39.3 Å². The predicted molar refractivity (Wildman–Crippen MR) is 66.1 cm³/mol. The number of anilines is 1. The SMILES string of the molecule is CC(C)CN(CCn1ccc(N)n1)C1CC1. The Balaban J connectivity index is 1.81. The smallest absolute Gasteiger partial charge is 0.145 e. The number of nitrogens with two attached hydrogens (primary N) is 1. The normalized spacial score (nSPS) is 16.2. The van der Waals surface area contributed by atoms with Crippen molar-refractivity contribution >= 4 is 5.82 Å². The maximum absolute atomic E-state index is 5.59. The summed E-state index contributed by atoms with van der Waals surface area (Å²) in [6, 6.07) is 2.68. The van der Waals surface area contributed by atoms with E-state index >= 15 is 0 Å². The van der Waals surface area contributed by atoms with Gasteiger partial charge < -0.3 is 5.73 Å². The molecule has 2 N–H and O–H groups in total. The average molecular weight is 222 g/mol. The minimum absolute atomic E-state index is 0.613. The standard InChI is InChI=1S/C12H22N4/c1-10(2)9-15(11-3-4-11)7-8-16-6-5-12(13)14-16/h5-6,10-11H,3-4,7-9H2,1-2H3,(H2,13,14). The monoisotopic (exact) mass is 222 g/mol. The summed E-state index contributed by atoms with van der Waals surface area (Å²) in [5.41, 5.74) is 5.59. The van der Waals surface area contributed by atoms with Crippen LogP contribution in [0, 0.1) is 5.92 Å². The van der Waals surface area contributed by atoms with Gasteiger partial charge in [-0.15, -0.1) is 0 Å². The number of hydrogen-bond acceptors (Lipinski definition) is 3. The van der Waals surface area contributed by atoms with Crippen LogP contribution in [-0.2, 0) is 6.54 Å². The van der Waals surface area contributed by atoms with Gasteiger partial charge in [0.15, 0.2) is 0 Å². The highest BCUT2D eigenvalue weighted by atomic mass is 15.3. The second kappa shape index (κ2) is 4.87. The second-order valence-electron chi connectivity index (χ2n) is 5.12. The molecule has 0 radical (unpaired) electrons. The molecular weight excluding hydrogens is 200 g/mol. The van der Waals surface area contributed by atoms with E-state index in [0.29, 0.717) is 5.82 Å². The van der Waals surface area contributed by atoms with Gasteiger partial charge in [0.1, 0.15) is 5.82 Å². The minimum atomic E-state index is 0.613. The van der Waals surface area contributed by atoms with Crippen LogP contribution in [0.5, 0.6) is 0 Å². The van der Waals surface area contributed by atoms with E-state index in [1.165, 1.54) is 19.4 Å². The maximum atomic E-state index is 5.59. The first-order valence-corrected chi connectivity index (χ1v) is 6.18. The Labute approximate surface area is 97.4 Å². The Bertz CT molecular complexity index is 328. The van der Waals surface area contributed by atoms with Crippen LogP contribution in [0.1, 0.15) is 26.7 Å². The molecule has 0 bridgehead atoms. The van der Waals surface area contributed by atoms with E-state index in [1.54, 1.807) is 0 Å². The van der Waals surface area contributed by atoms with Crippen molar-refractivity contribution < 1.29 is 0 Å². The molecule has 0 aliphatic heterocycles. The van der Waals surface area contributed by atoms with Crippen LogP contribution < -0.4 is 5.73 Å². The zero-order valence-corrected chi connectivity index (χ0v) is 10.3. The van der Waals surface area contributed by atoms with Crippen molar-refractivity contribution in [3.05, 3.63) is 12.3 Å². The molecule has 0 atom stereocenters. The highest BCUT2D eigenvalue weighted by molar-refractivity contribution is 5.23. The van der Waals surface area contributed by atoms with Gasteiger partial charge in [-0.1, -0.05) is 13.8 Å². The van der Waals surface area contributed by atoms with E-state index in [9.17, 15) is 0 Å². The van der Waals surface area contributed by atoms with Crippen LogP contribution in [0.4, 0.5) is 5.82 Å². The molecule has 4 nitrogen and oxygen atoms in total. The molecule has 0 amide bonds. The van der Waals surface area contributed by atoms with Gasteiger partial charge in [0.05, 0.1) is 6.54 Å². The molecule has 4 heteroatoms. The molecule has 1 aliphatic carbocycles. The molecule has 16 heavy (non-hydrogen) atoms. The second-order valence-corrected chi connectivity index (χ2v) is 5.12. The van der Waals surface area contributed by atoms with Gasteiger partial charge in [-0.05, 0) is 24.8 Å². The van der Waals surface area contributed by atoms with Gasteiger partial charge in [0.2, 0.25) is 0 Å². The highest BCUT2D eigenvalue weighted by Gasteiger charge is 2.28. The topological polar surface area (TPSA) is 47.1 Å². The number of nitrogens with zero attached hydrogens (tertiary/aromatic N) is 3. The van der Waals surface area contributed by atoms with Gasteiger partial charge in [0, 0.05) is 25.3 Å². The molecular formula is C12H22N4. The molecule has 0 saturated heterocycles. The van der Waals surface area contributed by atoms with Crippen molar-refractivity contribution in [3.63, 3.8) is 0 Å². The Morgan fingerprint density at radius 2 is 2.31 bits per heavy atom. The summed E-state index contributed by atoms with van der Waals surface area (Å²) in [6.07, 6.45) is 4.69. The molecule has 1 heterocycles. The lowest BCUT2D eigenvalue weighted by Crippen LogP contribution is -2.33. The molecule has 0 unspecified atom stereocenters. The first-order chi connectivity index (χ1) is 7.65. The van der Waals surface area contributed by atoms with Gasteiger partial charge >= 0.3 is 0 Å². The third kappa shape index (κ3) is 3.23. The molecule has 90 valence electrons. The van der Waals surface area contributed by atoms with Crippen molar-refractivity contribution in [1.82, 2.24) is 14.7 Å². The van der Waals surface area contributed by atoms with Crippen molar-refractivity contribution in [3.8, 4) is 0 Å². The molecule has 0 spiro atoms. The van der Waals surface area contributed by atoms with Crippen LogP contribution in [0.2, 0.25) is 0 Å². The quantitative estimate of drug-likeness (QED) is 0.795. The van der Waals surface area contributed by atoms with Gasteiger partial charge in [-0.3, -0.25) is 9.58 Å². The van der Waals surface area contributed by atoms with E-state index in [1.807, 2.05) is 16.9 Å². The lowest BCUT2D eigenvalue weighted by Gasteiger charge is -2.23. The largest absolute Gasteiger partial charge is 0.382 e. The van der Waals surface area contributed by atoms with Gasteiger partial charge in [-0.25, -0.2) is 0 Å². The first-order valence-electron chi connectivity index (χ1n) is 6.18. The van der Waals surface area contributed by atoms with Crippen molar-refractivity contribution in [2.75, 3.05) is 18.8 Å². The van der Waals surface area contributed by atoms with Crippen LogP contribution in [0.15, 0.2) is 12.3 Å². The molecule has 1 aliphatic rings. The summed E-state index contributed by atoms with van der Waals surface area (Å²) in [6.45, 7) is 7.79. The summed E-state index contributed by atoms with van der Waals surface area (Å²) < 4.78 is 1.94. The zero-order valence-electron chi connectivity index (χ0n) is 10.3. The third-order valence-corrected chi connectivity index (χ3v) is 2.94. The molecule has 1 saturated carbocycles. The summed E-state index contributed by atoms with van der Waals surface area (Å²) >= 11 is 0. The Morgan fingerprint density at radius 3 is 2.81 bits per heavy atom. The maximum Gasteiger partial charge on any atom is 0.145 e. The van der Waals surface area contributed by atoms with E-state index in [-0.39, 0.29) is 0 Å². The number of aromatic nitrogens is 2. The van der Waals surface area contributed by atoms with E-state index in [0.717, 1.165) is 25.0 Å². The minimum Gasteiger partial charge on any atom is -0.382 e. The van der Waals surface area contributed by atoms with Crippen molar-refractivity contribution in [2.24, 2.45) is 5.92 Å². The molecule has 1 fully saturated rings. The zero-order chi connectivity index (χ0) is 11.5. The molecule has 0 aromatic carbocycles. The highest BCUT2D eigenvalue weighted by Crippen LogP contribution is 2.27. The van der Waals surface area contributed by atoms with Crippen molar-refractivity contribution in [1.29, 1.82) is 0 Å². The predicted octanol–water partition coefficient (Wildman–Crippen LogP) is 1.59. The number of rotatable bonds is 6. The van der Waals surface area contributed by atoms with Crippen LogP contribution in [0.3, 0.4) is 0 Å². The molecule has 1 aromatic rings. The summed E-state index contributed by atoms with van der Waals surface area (Å²) in [5, 5.41) is 4.21. The third-order valence-electron chi connectivity index (χ3n) is 2.94. The lowest BCUT2D eigenvalue weighted by atomic mass is 10.2. The summed E-state index contributed by atoms with van der Waals surface area (Å²) in [4.78, 5) is 2.59. The van der Waals surface area contributed by atoms with Crippen LogP contribution in [-0.4, -0.2) is 33.8 Å². The number of nitrogen functional groups attached to an aromatic ring is 1. The van der Waals surface area contributed by atoms with E-state index in [4.69, 9.17) is 5.73 Å². The fourth-order valence-corrected chi connectivity index (χ4v) is 2.06. The Morgan fingerprint density at radius 1 is 1.56 bits per heavy atom. The molecule has 1 aromatic heterocycles. The van der Waals surface area contributed by atoms with Crippen LogP contribution in [0.25, 0.3) is 0 Å². The lowest BCUT2D eigenvalue weighted by molar-refractivity contribution is 0.222. The molecule has 2 rings (SSSR count). The van der Waals surface area contributed by atoms with E-state index in [2.05, 4.69) is 23.8 Å². The number of hydrogen-bond donors (Lipinski definition) is 1. The van der Waals surface area contributed by atoms with Gasteiger partial charge in [0.25, 0.3) is 0 Å². The summed E-state index contributed by atoms with van der Waals surface area (Å²) in [5.74, 6) is 1.35. The fourth-order valence-electron chi connectivity index (χ4n) is 2.06. The fraction of sp³-hybridized carbons (Fsp3) is 0.750. The Kier molecular flexibility index (Phi) is 3.49. The van der Waals surface area contributed by atoms with Crippen LogP contribution >= 0.6 is 0 Å². The van der Waals surface area contributed by atoms with E-state index < -0.39 is 0 Å². The first kappa shape index (κ1) is 11.5. The summed E-state index contributed by atoms with van der Waals surface area (Å²) in [7, 11) is 0. The average Bonchev–Trinajstić information content (AvgIpc) is 2.97. The van der Waals surface area contributed by atoms with Gasteiger partial charge in [-0.2, -0.15) is 5.10 Å².